The number of aromatic hydroxyl groups is 1. The first-order valence-electron chi connectivity index (χ1n) is 6.69. The smallest absolute Gasteiger partial charge is 0.240 e. The zero-order valence-electron chi connectivity index (χ0n) is 11.2. The van der Waals surface area contributed by atoms with Crippen molar-refractivity contribution < 1.29 is 18.3 Å². The highest BCUT2D eigenvalue weighted by Gasteiger charge is 2.17. The van der Waals surface area contributed by atoms with Gasteiger partial charge in [-0.1, -0.05) is 12.8 Å². The summed E-state index contributed by atoms with van der Waals surface area (Å²) in [7, 11) is -3.62. The minimum atomic E-state index is -3.62. The summed E-state index contributed by atoms with van der Waals surface area (Å²) < 4.78 is 32.0. The number of nitrogens with two attached hydrogens (primary N) is 1. The highest BCUT2D eigenvalue weighted by Crippen LogP contribution is 2.23. The Kier molecular flexibility index (Phi) is 4.85. The Balaban J connectivity index is 1.85. The number of rotatable bonds is 6. The van der Waals surface area contributed by atoms with E-state index in [2.05, 4.69) is 4.72 Å². The fourth-order valence-electron chi connectivity index (χ4n) is 2.24. The van der Waals surface area contributed by atoms with Crippen molar-refractivity contribution in [3.8, 4) is 5.75 Å². The number of phenolic OH excluding ortho intramolecular Hbond substituents is 1. The fraction of sp³-hybridized carbons (Fsp3) is 0.538. The number of nitrogen functional groups attached to an aromatic ring is 1. The summed E-state index contributed by atoms with van der Waals surface area (Å²) in [4.78, 5) is 0.0358. The molecule has 2 rings (SSSR count). The van der Waals surface area contributed by atoms with Gasteiger partial charge in [-0.15, -0.1) is 0 Å². The normalized spacial score (nSPS) is 16.6. The quantitative estimate of drug-likeness (QED) is 0.416. The number of hydrogen-bond acceptors (Lipinski definition) is 5. The summed E-state index contributed by atoms with van der Waals surface area (Å²) in [6.45, 7) is 0.580. The Morgan fingerprint density at radius 2 is 2.05 bits per heavy atom. The van der Waals surface area contributed by atoms with Crippen LogP contribution in [0.25, 0.3) is 0 Å². The second-order valence-electron chi connectivity index (χ2n) is 4.90. The lowest BCUT2D eigenvalue weighted by molar-refractivity contribution is 0.0626. The van der Waals surface area contributed by atoms with Gasteiger partial charge in [-0.05, 0) is 31.0 Å². The van der Waals surface area contributed by atoms with Crippen LogP contribution in [0.5, 0.6) is 5.75 Å². The minimum absolute atomic E-state index is 0.0358. The number of phenols is 1. The second kappa shape index (κ2) is 6.43. The van der Waals surface area contributed by atoms with Crippen LogP contribution in [-0.2, 0) is 14.8 Å². The number of sulfonamides is 1. The highest BCUT2D eigenvalue weighted by atomic mass is 32.2. The SMILES string of the molecule is Nc1cc(S(=O)(=O)NCCOC2CCCC2)ccc1O. The summed E-state index contributed by atoms with van der Waals surface area (Å²) >= 11 is 0. The summed E-state index contributed by atoms with van der Waals surface area (Å²) in [5.74, 6) is -0.131. The van der Waals surface area contributed by atoms with E-state index in [-0.39, 0.29) is 29.0 Å². The third-order valence-corrected chi connectivity index (χ3v) is 4.82. The molecule has 1 aliphatic rings. The minimum Gasteiger partial charge on any atom is -0.506 e. The number of ether oxygens (including phenoxy) is 1. The van der Waals surface area contributed by atoms with E-state index in [1.807, 2.05) is 0 Å². The van der Waals surface area contributed by atoms with Crippen molar-refractivity contribution >= 4 is 15.7 Å². The Labute approximate surface area is 119 Å². The molecule has 112 valence electrons. The van der Waals surface area contributed by atoms with Crippen LogP contribution in [0.3, 0.4) is 0 Å². The van der Waals surface area contributed by atoms with E-state index in [4.69, 9.17) is 10.5 Å². The third kappa shape index (κ3) is 3.84. The molecule has 0 amide bonds. The molecule has 1 aliphatic carbocycles. The largest absolute Gasteiger partial charge is 0.506 e. The van der Waals surface area contributed by atoms with Crippen LogP contribution < -0.4 is 10.5 Å². The average Bonchev–Trinajstić information content (AvgIpc) is 2.91. The Morgan fingerprint density at radius 3 is 2.70 bits per heavy atom. The first-order valence-corrected chi connectivity index (χ1v) is 8.17. The lowest BCUT2D eigenvalue weighted by Crippen LogP contribution is -2.28. The topological polar surface area (TPSA) is 102 Å². The first-order chi connectivity index (χ1) is 9.49. The lowest BCUT2D eigenvalue weighted by atomic mass is 10.3. The molecule has 0 atom stereocenters. The molecule has 7 heteroatoms. The second-order valence-corrected chi connectivity index (χ2v) is 6.66. The van der Waals surface area contributed by atoms with E-state index in [1.165, 1.54) is 31.0 Å². The van der Waals surface area contributed by atoms with Crippen LogP contribution in [0.2, 0.25) is 0 Å². The van der Waals surface area contributed by atoms with Gasteiger partial charge in [0.15, 0.2) is 0 Å². The first kappa shape index (κ1) is 15.1. The molecule has 1 saturated carbocycles. The molecular weight excluding hydrogens is 280 g/mol. The summed E-state index contributed by atoms with van der Waals surface area (Å²) in [6, 6.07) is 3.81. The van der Waals surface area contributed by atoms with Crippen molar-refractivity contribution in [2.45, 2.75) is 36.7 Å². The molecule has 0 spiro atoms. The number of anilines is 1. The molecule has 1 aromatic rings. The monoisotopic (exact) mass is 300 g/mol. The summed E-state index contributed by atoms with van der Waals surface area (Å²) in [5, 5.41) is 9.28. The molecular formula is C13H20N2O4S. The van der Waals surface area contributed by atoms with E-state index in [1.54, 1.807) is 0 Å². The fourth-order valence-corrected chi connectivity index (χ4v) is 3.29. The van der Waals surface area contributed by atoms with Gasteiger partial charge >= 0.3 is 0 Å². The van der Waals surface area contributed by atoms with Crippen molar-refractivity contribution in [2.24, 2.45) is 0 Å². The van der Waals surface area contributed by atoms with Gasteiger partial charge in [0, 0.05) is 6.54 Å². The van der Waals surface area contributed by atoms with Crippen LogP contribution in [-0.4, -0.2) is 32.8 Å². The van der Waals surface area contributed by atoms with Crippen LogP contribution in [0, 0.1) is 0 Å². The maximum atomic E-state index is 12.0. The van der Waals surface area contributed by atoms with E-state index in [0.717, 1.165) is 12.8 Å². The van der Waals surface area contributed by atoms with Crippen LogP contribution in [0.1, 0.15) is 25.7 Å². The van der Waals surface area contributed by atoms with Gasteiger partial charge in [0.05, 0.1) is 23.3 Å². The highest BCUT2D eigenvalue weighted by molar-refractivity contribution is 7.89. The van der Waals surface area contributed by atoms with Crippen molar-refractivity contribution in [3.05, 3.63) is 18.2 Å². The maximum Gasteiger partial charge on any atom is 0.240 e. The molecule has 20 heavy (non-hydrogen) atoms. The average molecular weight is 300 g/mol. The molecule has 0 unspecified atom stereocenters. The molecule has 0 radical (unpaired) electrons. The molecule has 0 bridgehead atoms. The zero-order chi connectivity index (χ0) is 14.6. The van der Waals surface area contributed by atoms with Crippen LogP contribution in [0.4, 0.5) is 5.69 Å². The third-order valence-electron chi connectivity index (χ3n) is 3.36. The molecule has 4 N–H and O–H groups in total. The van der Waals surface area contributed by atoms with Gasteiger partial charge in [-0.3, -0.25) is 0 Å². The molecule has 0 aliphatic heterocycles. The van der Waals surface area contributed by atoms with E-state index >= 15 is 0 Å². The van der Waals surface area contributed by atoms with Crippen molar-refractivity contribution in [1.82, 2.24) is 4.72 Å². The Bertz CT molecular complexity index is 553. The summed E-state index contributed by atoms with van der Waals surface area (Å²) in [6.07, 6.45) is 4.75. The van der Waals surface area contributed by atoms with Crippen LogP contribution >= 0.6 is 0 Å². The van der Waals surface area contributed by atoms with Gasteiger partial charge in [0.1, 0.15) is 5.75 Å². The van der Waals surface area contributed by atoms with E-state index in [9.17, 15) is 13.5 Å². The van der Waals surface area contributed by atoms with Crippen LogP contribution in [0.15, 0.2) is 23.1 Å². The van der Waals surface area contributed by atoms with Crippen molar-refractivity contribution in [1.29, 1.82) is 0 Å². The molecule has 1 aromatic carbocycles. The van der Waals surface area contributed by atoms with Gasteiger partial charge in [-0.25, -0.2) is 13.1 Å². The van der Waals surface area contributed by atoms with Gasteiger partial charge in [0.2, 0.25) is 10.0 Å². The van der Waals surface area contributed by atoms with Gasteiger partial charge < -0.3 is 15.6 Å². The van der Waals surface area contributed by atoms with E-state index < -0.39 is 10.0 Å². The summed E-state index contributed by atoms with van der Waals surface area (Å²) in [5.41, 5.74) is 5.53. The van der Waals surface area contributed by atoms with Gasteiger partial charge in [0.25, 0.3) is 0 Å². The van der Waals surface area contributed by atoms with Crippen molar-refractivity contribution in [2.75, 3.05) is 18.9 Å². The number of benzene rings is 1. The standard InChI is InChI=1S/C13H20N2O4S/c14-12-9-11(5-6-13(12)16)20(17,18)15-7-8-19-10-3-1-2-4-10/h5-6,9-10,15-16H,1-4,7-8,14H2. The Morgan fingerprint density at radius 1 is 1.35 bits per heavy atom. The molecule has 0 saturated heterocycles. The number of hydrogen-bond donors (Lipinski definition) is 3. The lowest BCUT2D eigenvalue weighted by Gasteiger charge is -2.12. The molecule has 6 nitrogen and oxygen atoms in total. The molecule has 1 fully saturated rings. The van der Waals surface area contributed by atoms with Crippen molar-refractivity contribution in [3.63, 3.8) is 0 Å². The van der Waals surface area contributed by atoms with E-state index in [0.29, 0.717) is 6.61 Å². The number of nitrogens with one attached hydrogen (secondary N) is 1. The van der Waals surface area contributed by atoms with Gasteiger partial charge in [-0.2, -0.15) is 0 Å². The molecule has 0 aromatic heterocycles. The maximum absolute atomic E-state index is 12.0. The zero-order valence-corrected chi connectivity index (χ0v) is 12.0. The predicted molar refractivity (Wildman–Crippen MR) is 75.9 cm³/mol. The molecule has 0 heterocycles. The predicted octanol–water partition coefficient (Wildman–Crippen LogP) is 1.21. The Hall–Kier alpha value is -1.31.